The summed E-state index contributed by atoms with van der Waals surface area (Å²) in [6.07, 6.45) is 7.86. The number of carbonyl (C=O) groups excluding carboxylic acids is 4. The van der Waals surface area contributed by atoms with Crippen LogP contribution in [0.1, 0.15) is 112 Å². The lowest BCUT2D eigenvalue weighted by atomic mass is 9.83. The van der Waals surface area contributed by atoms with Crippen molar-refractivity contribution in [2.75, 3.05) is 6.54 Å². The Morgan fingerprint density at radius 2 is 1.62 bits per heavy atom. The Kier molecular flexibility index (Phi) is 15.0. The molecule has 1 aromatic heterocycles. The van der Waals surface area contributed by atoms with Gasteiger partial charge in [0.15, 0.2) is 0 Å². The molecule has 1 aliphatic rings. The molecule has 0 aliphatic heterocycles. The van der Waals surface area contributed by atoms with Crippen LogP contribution in [0, 0.1) is 17.3 Å². The maximum atomic E-state index is 14.2. The number of benzene rings is 1. The number of nitrogens with zero attached hydrogens (tertiary/aromatic N) is 2. The highest BCUT2D eigenvalue weighted by atomic mass is 16.6. The molecule has 2 aromatic rings. The largest absolute Gasteiger partial charge is 0.444 e. The quantitative estimate of drug-likeness (QED) is 0.174. The van der Waals surface area contributed by atoms with Gasteiger partial charge >= 0.3 is 6.09 Å². The summed E-state index contributed by atoms with van der Waals surface area (Å²) in [5, 5.41) is 17.7. The Balaban J connectivity index is 1.88. The van der Waals surface area contributed by atoms with Gasteiger partial charge in [-0.05, 0) is 58.9 Å². The molecule has 3 amide bonds. The lowest BCUT2D eigenvalue weighted by molar-refractivity contribution is -0.135. The third-order valence-electron chi connectivity index (χ3n) is 9.32. The number of ether oxygens (including phenoxy) is 1. The number of nitrogens with one attached hydrogen (secondary N) is 3. The number of carbonyl (C=O) groups is 4. The molecule has 1 aliphatic carbocycles. The predicted octanol–water partition coefficient (Wildman–Crippen LogP) is 5.76. The zero-order chi connectivity index (χ0) is 37.1. The summed E-state index contributed by atoms with van der Waals surface area (Å²) in [7, 11) is 0. The molecule has 1 aromatic carbocycles. The van der Waals surface area contributed by atoms with E-state index in [0.29, 0.717) is 24.5 Å². The summed E-state index contributed by atoms with van der Waals surface area (Å²) in [5.74, 6) is -1.29. The van der Waals surface area contributed by atoms with Crippen molar-refractivity contribution in [2.45, 2.75) is 143 Å². The highest BCUT2D eigenvalue weighted by molar-refractivity contribution is 5.92. The number of H-pyrrole nitrogens is 1. The second-order valence-electron chi connectivity index (χ2n) is 16.3. The van der Waals surface area contributed by atoms with E-state index in [0.717, 1.165) is 37.7 Å². The minimum absolute atomic E-state index is 0.0291. The minimum Gasteiger partial charge on any atom is -0.444 e. The number of rotatable bonds is 16. The number of aliphatic hydroxyl groups is 1. The van der Waals surface area contributed by atoms with E-state index < -0.39 is 53.0 Å². The van der Waals surface area contributed by atoms with Gasteiger partial charge in [0.1, 0.15) is 17.4 Å². The number of hydrogen-bond acceptors (Lipinski definition) is 7. The Labute approximate surface area is 298 Å². The Morgan fingerprint density at radius 1 is 0.960 bits per heavy atom. The molecular weight excluding hydrogens is 634 g/mol. The van der Waals surface area contributed by atoms with E-state index in [1.807, 2.05) is 65.0 Å². The number of hydrogen-bond donors (Lipinski definition) is 4. The van der Waals surface area contributed by atoms with Gasteiger partial charge in [-0.3, -0.25) is 14.4 Å². The lowest BCUT2D eigenvalue weighted by Gasteiger charge is -2.36. The number of aromatic amines is 1. The van der Waals surface area contributed by atoms with Crippen LogP contribution in [0.4, 0.5) is 4.79 Å². The smallest absolute Gasteiger partial charge is 0.410 e. The van der Waals surface area contributed by atoms with Crippen molar-refractivity contribution < 1.29 is 29.0 Å². The molecule has 0 saturated heterocycles. The molecule has 0 radical (unpaired) electrons. The number of Topliss-reactive ketones (excluding diaryl/α,β-unsaturated/α-hetero) is 1. The summed E-state index contributed by atoms with van der Waals surface area (Å²) in [5.41, 5.74) is 0.224. The normalized spacial score (nSPS) is 16.6. The molecule has 3 rings (SSSR count). The first-order chi connectivity index (χ1) is 23.4. The molecule has 11 nitrogen and oxygen atoms in total. The van der Waals surface area contributed by atoms with Crippen LogP contribution in [0.5, 0.6) is 0 Å². The van der Waals surface area contributed by atoms with E-state index in [2.05, 4.69) is 20.6 Å². The van der Waals surface area contributed by atoms with Crippen molar-refractivity contribution in [3.8, 4) is 0 Å². The van der Waals surface area contributed by atoms with Gasteiger partial charge in [-0.25, -0.2) is 9.78 Å². The van der Waals surface area contributed by atoms with Gasteiger partial charge in [0.05, 0.1) is 25.0 Å². The zero-order valence-electron chi connectivity index (χ0n) is 31.5. The average molecular weight is 696 g/mol. The van der Waals surface area contributed by atoms with Crippen molar-refractivity contribution >= 4 is 23.7 Å². The lowest BCUT2D eigenvalue weighted by Crippen LogP contribution is -2.57. The standard InChI is InChI=1S/C39H61N5O6/c1-26(2)44(37(49)50-39(6,7)8)24-33(45)31(20-28-17-13-10-14-18-28)42-36(48)32(22-30-23-40-25-41-30)43-35(47)29(21-34(46)38(3,4)5)19-27-15-11-9-12-16-27/h9,11-12,15-16,23,25-26,28-29,31-33,45H,10,13-14,17-22,24H2,1-8H3,(H,40,41)(H,42,48)(H,43,47)/t29-,31-,32+,33-/m0/s1. The van der Waals surface area contributed by atoms with E-state index >= 15 is 0 Å². The fraction of sp³-hybridized carbons (Fsp3) is 0.667. The monoisotopic (exact) mass is 695 g/mol. The van der Waals surface area contributed by atoms with Crippen LogP contribution in [-0.2, 0) is 32.0 Å². The second kappa shape index (κ2) is 18.5. The molecule has 0 unspecified atom stereocenters. The summed E-state index contributed by atoms with van der Waals surface area (Å²) in [4.78, 5) is 63.2. The van der Waals surface area contributed by atoms with E-state index in [-0.39, 0.29) is 31.2 Å². The van der Waals surface area contributed by atoms with Crippen LogP contribution >= 0.6 is 0 Å². The molecule has 1 heterocycles. The summed E-state index contributed by atoms with van der Waals surface area (Å²) < 4.78 is 5.63. The van der Waals surface area contributed by atoms with Gasteiger partial charge < -0.3 is 30.4 Å². The maximum Gasteiger partial charge on any atom is 0.410 e. The summed E-state index contributed by atoms with van der Waals surface area (Å²) in [6.45, 7) is 14.6. The number of imidazole rings is 1. The topological polar surface area (TPSA) is 154 Å². The average Bonchev–Trinajstić information content (AvgIpc) is 3.55. The third-order valence-corrected chi connectivity index (χ3v) is 9.32. The van der Waals surface area contributed by atoms with Crippen LogP contribution < -0.4 is 10.6 Å². The first-order valence-corrected chi connectivity index (χ1v) is 18.3. The number of amides is 3. The van der Waals surface area contributed by atoms with Crippen LogP contribution in [0.15, 0.2) is 42.9 Å². The minimum atomic E-state index is -1.09. The molecule has 1 saturated carbocycles. The molecule has 11 heteroatoms. The number of ketones is 1. The molecule has 50 heavy (non-hydrogen) atoms. The molecule has 1 fully saturated rings. The second-order valence-corrected chi connectivity index (χ2v) is 16.3. The van der Waals surface area contributed by atoms with E-state index in [1.54, 1.807) is 27.0 Å². The summed E-state index contributed by atoms with van der Waals surface area (Å²) >= 11 is 0. The Morgan fingerprint density at radius 3 is 2.18 bits per heavy atom. The number of aliphatic hydroxyl groups excluding tert-OH is 1. The van der Waals surface area contributed by atoms with Crippen LogP contribution in [0.25, 0.3) is 0 Å². The molecule has 278 valence electrons. The van der Waals surface area contributed by atoms with Gasteiger partial charge in [0, 0.05) is 42.1 Å². The van der Waals surface area contributed by atoms with E-state index in [1.165, 1.54) is 11.2 Å². The zero-order valence-corrected chi connectivity index (χ0v) is 31.5. The predicted molar refractivity (Wildman–Crippen MR) is 194 cm³/mol. The van der Waals surface area contributed by atoms with E-state index in [9.17, 15) is 24.3 Å². The van der Waals surface area contributed by atoms with Gasteiger partial charge in [-0.1, -0.05) is 83.2 Å². The summed E-state index contributed by atoms with van der Waals surface area (Å²) in [6, 6.07) is 7.58. The number of aromatic nitrogens is 2. The van der Waals surface area contributed by atoms with E-state index in [4.69, 9.17) is 4.74 Å². The van der Waals surface area contributed by atoms with Crippen LogP contribution in [0.3, 0.4) is 0 Å². The van der Waals surface area contributed by atoms with Crippen LogP contribution in [-0.4, -0.2) is 80.0 Å². The van der Waals surface area contributed by atoms with Gasteiger partial charge in [0.2, 0.25) is 11.8 Å². The van der Waals surface area contributed by atoms with Crippen LogP contribution in [0.2, 0.25) is 0 Å². The van der Waals surface area contributed by atoms with Crippen molar-refractivity contribution in [2.24, 2.45) is 17.3 Å². The molecule has 0 spiro atoms. The molecule has 4 N–H and O–H groups in total. The first-order valence-electron chi connectivity index (χ1n) is 18.3. The van der Waals surface area contributed by atoms with Gasteiger partial charge in [-0.2, -0.15) is 0 Å². The fourth-order valence-electron chi connectivity index (χ4n) is 6.32. The highest BCUT2D eigenvalue weighted by Gasteiger charge is 2.35. The molecule has 0 bridgehead atoms. The van der Waals surface area contributed by atoms with Crippen molar-refractivity contribution in [1.29, 1.82) is 0 Å². The van der Waals surface area contributed by atoms with Gasteiger partial charge in [-0.15, -0.1) is 0 Å². The highest BCUT2D eigenvalue weighted by Crippen LogP contribution is 2.29. The van der Waals surface area contributed by atoms with Gasteiger partial charge in [0.25, 0.3) is 0 Å². The van der Waals surface area contributed by atoms with Crippen molar-refractivity contribution in [1.82, 2.24) is 25.5 Å². The SMILES string of the molecule is CC(C)N(C[C@H](O)[C@H](CC1CCCCC1)NC(=O)[C@@H](Cc1cnc[nH]1)NC(=O)[C@H](CC(=O)C(C)(C)C)Cc1ccccc1)C(=O)OC(C)(C)C. The fourth-order valence-corrected chi connectivity index (χ4v) is 6.32. The van der Waals surface area contributed by atoms with Crippen molar-refractivity contribution in [3.05, 3.63) is 54.1 Å². The molecule has 4 atom stereocenters. The maximum absolute atomic E-state index is 14.2. The van der Waals surface area contributed by atoms with Crippen molar-refractivity contribution in [3.63, 3.8) is 0 Å². The molecular formula is C39H61N5O6. The Bertz CT molecular complexity index is 1360. The first kappa shape index (κ1) is 40.7. The third kappa shape index (κ3) is 13.5. The Hall–Kier alpha value is -3.73.